The molecule has 0 radical (unpaired) electrons. The van der Waals surface area contributed by atoms with Gasteiger partial charge < -0.3 is 9.64 Å². The monoisotopic (exact) mass is 991 g/mol. The molecule has 0 atom stereocenters. The van der Waals surface area contributed by atoms with E-state index in [1.54, 1.807) is 0 Å². The van der Waals surface area contributed by atoms with Gasteiger partial charge in [-0.3, -0.25) is 0 Å². The molecule has 0 fully saturated rings. The minimum absolute atomic E-state index is 0.490. The summed E-state index contributed by atoms with van der Waals surface area (Å²) in [5, 5.41) is 4.55. The van der Waals surface area contributed by atoms with Crippen molar-refractivity contribution in [1.82, 2.24) is 0 Å². The Labute approximate surface area is 454 Å². The lowest BCUT2D eigenvalue weighted by atomic mass is 9.65. The summed E-state index contributed by atoms with van der Waals surface area (Å²) in [6.07, 6.45) is 0. The van der Waals surface area contributed by atoms with Crippen LogP contribution in [0, 0.1) is 0 Å². The third kappa shape index (κ3) is 6.26. The van der Waals surface area contributed by atoms with Crippen molar-refractivity contribution in [2.75, 3.05) is 4.90 Å². The first-order valence-corrected chi connectivity index (χ1v) is 27.1. The van der Waals surface area contributed by atoms with E-state index in [-0.39, 0.29) is 0 Å². The molecule has 1 aliphatic heterocycles. The summed E-state index contributed by atoms with van der Waals surface area (Å²) in [6.45, 7) is 0. The smallest absolute Gasteiger partial charge is 0.140 e. The van der Waals surface area contributed by atoms with Crippen LogP contribution in [0.4, 0.5) is 17.1 Å². The average Bonchev–Trinajstić information content (AvgIpc) is 4.08. The van der Waals surface area contributed by atoms with Crippen LogP contribution in [0.5, 0.6) is 11.5 Å². The molecule has 2 heteroatoms. The molecule has 0 saturated heterocycles. The van der Waals surface area contributed by atoms with Crippen LogP contribution in [-0.4, -0.2) is 0 Å². The number of hydrogen-bond donors (Lipinski definition) is 0. The van der Waals surface area contributed by atoms with E-state index in [0.29, 0.717) is 0 Å². The quantitative estimate of drug-likeness (QED) is 0.158. The molecule has 0 bridgehead atoms. The Morgan fingerprint density at radius 2 is 0.731 bits per heavy atom. The highest BCUT2D eigenvalue weighted by atomic mass is 16.5. The van der Waals surface area contributed by atoms with Gasteiger partial charge in [0.05, 0.1) is 10.8 Å². The summed E-state index contributed by atoms with van der Waals surface area (Å²) in [5.74, 6) is 1.85. The maximum atomic E-state index is 7.26. The minimum Gasteiger partial charge on any atom is -0.455 e. The van der Waals surface area contributed by atoms with Crippen molar-refractivity contribution < 1.29 is 4.74 Å². The summed E-state index contributed by atoms with van der Waals surface area (Å²) in [5.41, 5.74) is 21.8. The lowest BCUT2D eigenvalue weighted by molar-refractivity contribution is 0.447. The molecule has 2 nitrogen and oxygen atoms in total. The zero-order chi connectivity index (χ0) is 51.4. The van der Waals surface area contributed by atoms with E-state index in [2.05, 4.69) is 302 Å². The first-order valence-electron chi connectivity index (χ1n) is 27.1. The topological polar surface area (TPSA) is 12.5 Å². The van der Waals surface area contributed by atoms with Gasteiger partial charge in [0.25, 0.3) is 0 Å². The van der Waals surface area contributed by atoms with E-state index >= 15 is 0 Å². The molecule has 0 unspecified atom stereocenters. The Kier molecular flexibility index (Phi) is 9.80. The normalized spacial score (nSPS) is 13.7. The molecule has 1 heterocycles. The second kappa shape index (κ2) is 17.3. The van der Waals surface area contributed by atoms with Crippen LogP contribution in [0.15, 0.2) is 297 Å². The Balaban J connectivity index is 0.886. The van der Waals surface area contributed by atoms with Gasteiger partial charge >= 0.3 is 0 Å². The molecule has 0 amide bonds. The third-order valence-corrected chi connectivity index (χ3v) is 17.2. The van der Waals surface area contributed by atoms with Gasteiger partial charge in [0.1, 0.15) is 11.5 Å². The molecule has 364 valence electrons. The maximum absolute atomic E-state index is 7.26. The van der Waals surface area contributed by atoms with E-state index in [1.807, 2.05) is 0 Å². The SMILES string of the molecule is c1ccc(-c2cccc(N(c3ccc(-c4cccc5c4-c4ccccc4C54c5ccc6ccccc6c5Oc5c4ccc4ccccc54)cc3)c3ccc4c(c3)-c3ccccc3C4(c3ccccc3)c3ccccc3)c2)cc1. The van der Waals surface area contributed by atoms with Gasteiger partial charge in [0.2, 0.25) is 0 Å². The zero-order valence-electron chi connectivity index (χ0n) is 42.6. The lowest BCUT2D eigenvalue weighted by Gasteiger charge is -2.40. The van der Waals surface area contributed by atoms with Crippen molar-refractivity contribution in [2.45, 2.75) is 10.8 Å². The fourth-order valence-corrected chi connectivity index (χ4v) is 14.0. The van der Waals surface area contributed by atoms with Gasteiger partial charge in [-0.25, -0.2) is 0 Å². The van der Waals surface area contributed by atoms with Crippen LogP contribution in [0.3, 0.4) is 0 Å². The van der Waals surface area contributed by atoms with Crippen molar-refractivity contribution >= 4 is 38.6 Å². The molecule has 0 aromatic heterocycles. The van der Waals surface area contributed by atoms with Crippen LogP contribution >= 0.6 is 0 Å². The number of fused-ring (bicyclic) bond motifs is 16. The fourth-order valence-electron chi connectivity index (χ4n) is 14.0. The Hall–Kier alpha value is -10.0. The maximum Gasteiger partial charge on any atom is 0.140 e. The van der Waals surface area contributed by atoms with Crippen LogP contribution in [0.1, 0.15) is 44.5 Å². The molecule has 1 spiro atoms. The summed E-state index contributed by atoms with van der Waals surface area (Å²) in [4.78, 5) is 2.44. The molecule has 13 aromatic rings. The molecular weight excluding hydrogens is 943 g/mol. The molecule has 16 rings (SSSR count). The van der Waals surface area contributed by atoms with Crippen LogP contribution in [0.25, 0.3) is 66.1 Å². The molecule has 78 heavy (non-hydrogen) atoms. The van der Waals surface area contributed by atoms with E-state index < -0.39 is 10.8 Å². The lowest BCUT2D eigenvalue weighted by Crippen LogP contribution is -2.32. The first kappa shape index (κ1) is 44.3. The van der Waals surface area contributed by atoms with Crippen molar-refractivity contribution in [1.29, 1.82) is 0 Å². The van der Waals surface area contributed by atoms with E-state index in [1.165, 1.54) is 66.8 Å². The van der Waals surface area contributed by atoms with Gasteiger partial charge in [-0.1, -0.05) is 261 Å². The van der Waals surface area contributed by atoms with Gasteiger partial charge in [-0.05, 0) is 125 Å². The highest BCUT2D eigenvalue weighted by Crippen LogP contribution is 2.65. The van der Waals surface area contributed by atoms with Crippen LogP contribution < -0.4 is 9.64 Å². The standard InChI is InChI=1S/C76H49NO/c1-4-20-50(21-5-1)54-24-18-29-58(48-54)77(59-44-47-68-65(49-59)63-32-14-16-35-66(63)75(68,55-25-6-2-7-26-55)56-27-8-3-9-28-56)57-42-38-53(39-43-57)60-34-19-37-69-72(60)64-33-15-17-36-67(64)76(69)70-45-40-51-22-10-12-30-61(51)73(70)78-74-62-31-13-11-23-52(62)41-46-71(74)76/h1-49H. The van der Waals surface area contributed by atoms with Crippen LogP contribution in [0.2, 0.25) is 0 Å². The number of benzene rings is 13. The number of nitrogens with zero attached hydrogens (tertiary/aromatic N) is 1. The molecule has 13 aromatic carbocycles. The first-order chi connectivity index (χ1) is 38.7. The zero-order valence-corrected chi connectivity index (χ0v) is 42.6. The molecular formula is C76H49NO. The van der Waals surface area contributed by atoms with Crippen molar-refractivity contribution in [3.05, 3.63) is 342 Å². The Morgan fingerprint density at radius 3 is 1.40 bits per heavy atom. The minimum atomic E-state index is -0.635. The Bertz CT molecular complexity index is 4400. The molecule has 0 N–H and O–H groups in total. The second-order valence-electron chi connectivity index (χ2n) is 21.0. The summed E-state index contributed by atoms with van der Waals surface area (Å²) in [7, 11) is 0. The fraction of sp³-hybridized carbons (Fsp3) is 0.0263. The summed E-state index contributed by atoms with van der Waals surface area (Å²) >= 11 is 0. The van der Waals surface area contributed by atoms with E-state index in [9.17, 15) is 0 Å². The number of hydrogen-bond acceptors (Lipinski definition) is 2. The summed E-state index contributed by atoms with van der Waals surface area (Å²) in [6, 6.07) is 110. The Morgan fingerprint density at radius 1 is 0.256 bits per heavy atom. The molecule has 3 aliphatic rings. The predicted octanol–water partition coefficient (Wildman–Crippen LogP) is 19.6. The largest absolute Gasteiger partial charge is 0.455 e. The number of rotatable bonds is 7. The van der Waals surface area contributed by atoms with Gasteiger partial charge in [-0.15, -0.1) is 0 Å². The predicted molar refractivity (Wildman–Crippen MR) is 322 cm³/mol. The van der Waals surface area contributed by atoms with Crippen molar-refractivity contribution in [3.8, 4) is 56.0 Å². The number of ether oxygens (including phenoxy) is 1. The molecule has 2 aliphatic carbocycles. The summed E-state index contributed by atoms with van der Waals surface area (Å²) < 4.78 is 7.26. The van der Waals surface area contributed by atoms with E-state index in [0.717, 1.165) is 72.4 Å². The third-order valence-electron chi connectivity index (χ3n) is 17.2. The van der Waals surface area contributed by atoms with Crippen molar-refractivity contribution in [2.24, 2.45) is 0 Å². The van der Waals surface area contributed by atoms with Gasteiger partial charge in [-0.2, -0.15) is 0 Å². The number of anilines is 3. The van der Waals surface area contributed by atoms with E-state index in [4.69, 9.17) is 4.74 Å². The average molecular weight is 992 g/mol. The van der Waals surface area contributed by atoms with Crippen molar-refractivity contribution in [3.63, 3.8) is 0 Å². The second-order valence-corrected chi connectivity index (χ2v) is 21.0. The van der Waals surface area contributed by atoms with Gasteiger partial charge in [0.15, 0.2) is 0 Å². The molecule has 0 saturated carbocycles. The van der Waals surface area contributed by atoms with Gasteiger partial charge in [0, 0.05) is 39.0 Å². The highest BCUT2D eigenvalue weighted by molar-refractivity contribution is 6.02. The van der Waals surface area contributed by atoms with Crippen LogP contribution in [-0.2, 0) is 10.8 Å². The highest BCUT2D eigenvalue weighted by Gasteiger charge is 2.52.